The van der Waals surface area contributed by atoms with Gasteiger partial charge < -0.3 is 5.32 Å². The van der Waals surface area contributed by atoms with Crippen molar-refractivity contribution in [2.45, 2.75) is 57.5 Å². The highest BCUT2D eigenvalue weighted by atomic mass is 32.2. The van der Waals surface area contributed by atoms with E-state index < -0.39 is 10.0 Å². The summed E-state index contributed by atoms with van der Waals surface area (Å²) in [6.07, 6.45) is 6.85. The van der Waals surface area contributed by atoms with E-state index in [0.717, 1.165) is 19.3 Å². The van der Waals surface area contributed by atoms with Gasteiger partial charge in [0.25, 0.3) is 0 Å². The monoisotopic (exact) mass is 274 g/mol. The number of nitrogens with one attached hydrogen (secondary N) is 1. The summed E-state index contributed by atoms with van der Waals surface area (Å²) in [7, 11) is -1.32. The van der Waals surface area contributed by atoms with E-state index in [2.05, 4.69) is 12.2 Å². The highest BCUT2D eigenvalue weighted by molar-refractivity contribution is 7.89. The molecule has 2 rings (SSSR count). The number of hydrogen-bond donors (Lipinski definition) is 1. The quantitative estimate of drug-likeness (QED) is 0.800. The SMILES string of the molecule is CC1CCCC(N(C)S(=O)(=O)CCNC2CC2)C1. The summed E-state index contributed by atoms with van der Waals surface area (Å²) in [6.45, 7) is 2.82. The smallest absolute Gasteiger partial charge is 0.215 e. The van der Waals surface area contributed by atoms with Gasteiger partial charge in [0.05, 0.1) is 5.75 Å². The van der Waals surface area contributed by atoms with Crippen LogP contribution in [0.15, 0.2) is 0 Å². The van der Waals surface area contributed by atoms with Gasteiger partial charge >= 0.3 is 0 Å². The molecule has 1 N–H and O–H groups in total. The lowest BCUT2D eigenvalue weighted by molar-refractivity contribution is 0.239. The molecule has 0 aromatic heterocycles. The van der Waals surface area contributed by atoms with Crippen molar-refractivity contribution in [3.05, 3.63) is 0 Å². The molecule has 2 atom stereocenters. The molecule has 2 aliphatic carbocycles. The Balaban J connectivity index is 1.82. The fourth-order valence-electron chi connectivity index (χ4n) is 2.78. The first-order valence-electron chi connectivity index (χ1n) is 7.18. The van der Waals surface area contributed by atoms with Crippen LogP contribution in [0.4, 0.5) is 0 Å². The molecule has 0 saturated heterocycles. The standard InChI is InChI=1S/C13H26N2O2S/c1-11-4-3-5-13(10-11)15(2)18(16,17)9-8-14-12-6-7-12/h11-14H,3-10H2,1-2H3. The third-order valence-electron chi connectivity index (χ3n) is 4.23. The Labute approximate surface area is 111 Å². The van der Waals surface area contributed by atoms with E-state index in [1.165, 1.54) is 19.3 Å². The zero-order valence-electron chi connectivity index (χ0n) is 11.6. The second-order valence-electron chi connectivity index (χ2n) is 5.99. The molecule has 0 bridgehead atoms. The molecule has 0 aromatic carbocycles. The van der Waals surface area contributed by atoms with Crippen molar-refractivity contribution in [3.8, 4) is 0 Å². The van der Waals surface area contributed by atoms with Crippen molar-refractivity contribution in [1.82, 2.24) is 9.62 Å². The molecule has 18 heavy (non-hydrogen) atoms. The molecule has 0 aromatic rings. The minimum absolute atomic E-state index is 0.222. The Kier molecular flexibility index (Phi) is 4.67. The maximum atomic E-state index is 12.2. The summed E-state index contributed by atoms with van der Waals surface area (Å²) in [6, 6.07) is 0.805. The van der Waals surface area contributed by atoms with Gasteiger partial charge in [-0.1, -0.05) is 19.8 Å². The molecule has 0 radical (unpaired) electrons. The highest BCUT2D eigenvalue weighted by Crippen LogP contribution is 2.28. The van der Waals surface area contributed by atoms with Gasteiger partial charge in [0.15, 0.2) is 0 Å². The number of hydrogen-bond acceptors (Lipinski definition) is 3. The lowest BCUT2D eigenvalue weighted by atomic mass is 9.87. The van der Waals surface area contributed by atoms with E-state index >= 15 is 0 Å². The van der Waals surface area contributed by atoms with Crippen molar-refractivity contribution in [3.63, 3.8) is 0 Å². The molecular formula is C13H26N2O2S. The predicted molar refractivity (Wildman–Crippen MR) is 74.0 cm³/mol. The van der Waals surface area contributed by atoms with Gasteiger partial charge in [-0.15, -0.1) is 0 Å². The molecule has 4 nitrogen and oxygen atoms in total. The van der Waals surface area contributed by atoms with Crippen LogP contribution in [-0.2, 0) is 10.0 Å². The van der Waals surface area contributed by atoms with Crippen molar-refractivity contribution in [2.24, 2.45) is 5.92 Å². The maximum Gasteiger partial charge on any atom is 0.215 e. The van der Waals surface area contributed by atoms with Crippen LogP contribution in [0.25, 0.3) is 0 Å². The summed E-state index contributed by atoms with van der Waals surface area (Å²) < 4.78 is 26.1. The maximum absolute atomic E-state index is 12.2. The summed E-state index contributed by atoms with van der Waals surface area (Å²) in [4.78, 5) is 0. The summed E-state index contributed by atoms with van der Waals surface area (Å²) in [5.74, 6) is 0.899. The summed E-state index contributed by atoms with van der Waals surface area (Å²) >= 11 is 0. The largest absolute Gasteiger partial charge is 0.313 e. The lowest BCUT2D eigenvalue weighted by Gasteiger charge is -2.33. The van der Waals surface area contributed by atoms with Crippen LogP contribution in [-0.4, -0.2) is 44.2 Å². The van der Waals surface area contributed by atoms with E-state index in [1.54, 1.807) is 11.4 Å². The zero-order valence-corrected chi connectivity index (χ0v) is 12.4. The van der Waals surface area contributed by atoms with Crippen LogP contribution in [0, 0.1) is 5.92 Å². The van der Waals surface area contributed by atoms with Crippen LogP contribution in [0.1, 0.15) is 45.4 Å². The Bertz CT molecular complexity index is 365. The zero-order chi connectivity index (χ0) is 13.2. The highest BCUT2D eigenvalue weighted by Gasteiger charge is 2.30. The Hall–Kier alpha value is -0.130. The summed E-state index contributed by atoms with van der Waals surface area (Å²) in [5.41, 5.74) is 0. The van der Waals surface area contributed by atoms with Gasteiger partial charge in [-0.3, -0.25) is 0 Å². The second kappa shape index (κ2) is 5.88. The van der Waals surface area contributed by atoms with E-state index in [1.807, 2.05) is 0 Å². The third-order valence-corrected chi connectivity index (χ3v) is 6.13. The molecule has 0 amide bonds. The molecule has 106 valence electrons. The van der Waals surface area contributed by atoms with Crippen molar-refractivity contribution in [1.29, 1.82) is 0 Å². The molecule has 2 unspecified atom stereocenters. The number of rotatable bonds is 6. The first-order valence-corrected chi connectivity index (χ1v) is 8.79. The molecule has 2 fully saturated rings. The molecule has 5 heteroatoms. The van der Waals surface area contributed by atoms with Crippen LogP contribution in [0.5, 0.6) is 0 Å². The van der Waals surface area contributed by atoms with E-state index in [9.17, 15) is 8.42 Å². The average Bonchev–Trinajstić information content (AvgIpc) is 3.12. The van der Waals surface area contributed by atoms with Crippen LogP contribution >= 0.6 is 0 Å². The van der Waals surface area contributed by atoms with Crippen LogP contribution in [0.3, 0.4) is 0 Å². The number of nitrogens with zero attached hydrogens (tertiary/aromatic N) is 1. The van der Waals surface area contributed by atoms with Gasteiger partial charge in [0.1, 0.15) is 0 Å². The predicted octanol–water partition coefficient (Wildman–Crippen LogP) is 1.58. The Morgan fingerprint density at radius 1 is 1.22 bits per heavy atom. The molecule has 2 aliphatic rings. The fourth-order valence-corrected chi connectivity index (χ4v) is 4.09. The molecular weight excluding hydrogens is 248 g/mol. The first kappa shape index (κ1) is 14.3. The van der Waals surface area contributed by atoms with Gasteiger partial charge in [-0.05, 0) is 31.6 Å². The van der Waals surface area contributed by atoms with Crippen LogP contribution < -0.4 is 5.32 Å². The minimum Gasteiger partial charge on any atom is -0.313 e. The van der Waals surface area contributed by atoms with E-state index in [4.69, 9.17) is 0 Å². The van der Waals surface area contributed by atoms with E-state index in [-0.39, 0.29) is 11.8 Å². The van der Waals surface area contributed by atoms with Gasteiger partial charge in [0.2, 0.25) is 10.0 Å². The Morgan fingerprint density at radius 2 is 1.94 bits per heavy atom. The third kappa shape index (κ3) is 3.93. The number of sulfonamides is 1. The van der Waals surface area contributed by atoms with Crippen molar-refractivity contribution in [2.75, 3.05) is 19.3 Å². The molecule has 0 heterocycles. The second-order valence-corrected chi connectivity index (χ2v) is 8.13. The van der Waals surface area contributed by atoms with Gasteiger partial charge in [-0.2, -0.15) is 0 Å². The fraction of sp³-hybridized carbons (Fsp3) is 1.00. The van der Waals surface area contributed by atoms with E-state index in [0.29, 0.717) is 18.5 Å². The normalized spacial score (nSPS) is 29.7. The topological polar surface area (TPSA) is 49.4 Å². The first-order chi connectivity index (χ1) is 8.49. The van der Waals surface area contributed by atoms with Crippen molar-refractivity contribution >= 4 is 10.0 Å². The molecule has 2 saturated carbocycles. The average molecular weight is 274 g/mol. The lowest BCUT2D eigenvalue weighted by Crippen LogP contribution is -2.42. The van der Waals surface area contributed by atoms with Gasteiger partial charge in [0, 0.05) is 25.7 Å². The van der Waals surface area contributed by atoms with Gasteiger partial charge in [-0.25, -0.2) is 12.7 Å². The van der Waals surface area contributed by atoms with Crippen molar-refractivity contribution < 1.29 is 8.42 Å². The molecule has 0 spiro atoms. The Morgan fingerprint density at radius 3 is 2.56 bits per heavy atom. The minimum atomic E-state index is -3.08. The summed E-state index contributed by atoms with van der Waals surface area (Å²) in [5, 5.41) is 3.27. The molecule has 0 aliphatic heterocycles. The van der Waals surface area contributed by atoms with Crippen LogP contribution in [0.2, 0.25) is 0 Å².